The molecule has 24 heavy (non-hydrogen) atoms. The van der Waals surface area contributed by atoms with Crippen LogP contribution in [0.5, 0.6) is 0 Å². The number of fused-ring (bicyclic) bond motifs is 2. The summed E-state index contributed by atoms with van der Waals surface area (Å²) in [5, 5.41) is 10.6. The number of alkyl halides is 3. The van der Waals surface area contributed by atoms with E-state index in [2.05, 4.69) is 4.99 Å². The highest BCUT2D eigenvalue weighted by Gasteiger charge is 2.63. The van der Waals surface area contributed by atoms with Gasteiger partial charge in [0.05, 0.1) is 5.69 Å². The van der Waals surface area contributed by atoms with Crippen LogP contribution in [0.3, 0.4) is 0 Å². The third-order valence-electron chi connectivity index (χ3n) is 3.81. The van der Waals surface area contributed by atoms with Crippen molar-refractivity contribution in [1.82, 2.24) is 5.06 Å². The van der Waals surface area contributed by atoms with Crippen molar-refractivity contribution in [3.8, 4) is 0 Å². The number of hydrogen-bond donors (Lipinski definition) is 1. The molecule has 1 atom stereocenters. The van der Waals surface area contributed by atoms with Gasteiger partial charge in [-0.25, -0.2) is 10.1 Å². The van der Waals surface area contributed by atoms with Crippen LogP contribution in [-0.2, 0) is 10.3 Å². The third-order valence-corrected chi connectivity index (χ3v) is 4.05. The highest BCUT2D eigenvalue weighted by atomic mass is 35.5. The maximum absolute atomic E-state index is 14.2. The predicted molar refractivity (Wildman–Crippen MR) is 83.4 cm³/mol. The molecule has 2 aliphatic heterocycles. The van der Waals surface area contributed by atoms with Crippen molar-refractivity contribution in [3.63, 3.8) is 0 Å². The van der Waals surface area contributed by atoms with Gasteiger partial charge < -0.3 is 4.74 Å². The summed E-state index contributed by atoms with van der Waals surface area (Å²) < 4.78 is 48.1. The van der Waals surface area contributed by atoms with E-state index in [0.717, 1.165) is 0 Å². The maximum atomic E-state index is 14.2. The Hall–Kier alpha value is -1.83. The number of allylic oxidation sites excluding steroid dienone is 2. The van der Waals surface area contributed by atoms with Gasteiger partial charge in [-0.05, 0) is 30.7 Å². The molecule has 0 aromatic heterocycles. The van der Waals surface area contributed by atoms with Crippen LogP contribution in [0.1, 0.15) is 18.9 Å². The zero-order valence-electron chi connectivity index (χ0n) is 12.6. The Morgan fingerprint density at radius 1 is 1.38 bits per heavy atom. The fourth-order valence-electron chi connectivity index (χ4n) is 2.82. The smallest absolute Gasteiger partial charge is 0.356 e. The average Bonchev–Trinajstić information content (AvgIpc) is 2.51. The molecule has 1 N–H and O–H groups in total. The minimum atomic E-state index is -4.78. The summed E-state index contributed by atoms with van der Waals surface area (Å²) in [7, 11) is 0. The van der Waals surface area contributed by atoms with Gasteiger partial charge in [-0.15, -0.1) is 0 Å². The number of hydrogen-bond acceptors (Lipinski definition) is 4. The summed E-state index contributed by atoms with van der Waals surface area (Å²) in [5.74, 6) is -0.222. The normalized spacial score (nSPS) is 22.7. The lowest BCUT2D eigenvalue weighted by Gasteiger charge is -2.42. The Bertz CT molecular complexity index is 758. The van der Waals surface area contributed by atoms with Crippen molar-refractivity contribution in [2.24, 2.45) is 4.99 Å². The second-order valence-electron chi connectivity index (χ2n) is 5.39. The Balaban J connectivity index is 2.35. The molecule has 0 bridgehead atoms. The van der Waals surface area contributed by atoms with Gasteiger partial charge in [0, 0.05) is 29.0 Å². The summed E-state index contributed by atoms with van der Waals surface area (Å²) in [6.07, 6.45) is -0.616. The van der Waals surface area contributed by atoms with E-state index in [-0.39, 0.29) is 34.3 Å². The van der Waals surface area contributed by atoms with E-state index < -0.39 is 11.8 Å². The van der Waals surface area contributed by atoms with Gasteiger partial charge in [0.2, 0.25) is 5.60 Å². The number of nitrogens with zero attached hydrogens (tertiary/aromatic N) is 2. The predicted octanol–water partition coefficient (Wildman–Crippen LogP) is 4.71. The summed E-state index contributed by atoms with van der Waals surface area (Å²) in [4.78, 5) is 4.14. The fourth-order valence-corrected chi connectivity index (χ4v) is 2.99. The van der Waals surface area contributed by atoms with E-state index in [0.29, 0.717) is 11.5 Å². The summed E-state index contributed by atoms with van der Waals surface area (Å²) in [6, 6.07) is 4.03. The number of benzene rings is 1. The standard InChI is InChI=1S/C16H14ClF3N2O2/c1-2-8-24-15(16(18,19)20)11-4-3-7-22(23)14(11)21-13-6-5-10(17)9-12(13)15/h3-7,9,23H,2,8H2,1H3. The van der Waals surface area contributed by atoms with Crippen LogP contribution < -0.4 is 0 Å². The fraction of sp³-hybridized carbons (Fsp3) is 0.312. The van der Waals surface area contributed by atoms with Gasteiger partial charge >= 0.3 is 6.18 Å². The monoisotopic (exact) mass is 358 g/mol. The molecule has 0 saturated heterocycles. The number of aliphatic imine (C=N–C) groups is 1. The Morgan fingerprint density at radius 2 is 2.12 bits per heavy atom. The van der Waals surface area contributed by atoms with E-state index in [4.69, 9.17) is 16.3 Å². The van der Waals surface area contributed by atoms with Crippen LogP contribution in [0.15, 0.2) is 47.1 Å². The molecule has 1 aromatic rings. The molecule has 0 saturated carbocycles. The van der Waals surface area contributed by atoms with Gasteiger partial charge in [0.15, 0.2) is 5.84 Å². The zero-order valence-corrected chi connectivity index (χ0v) is 13.4. The molecule has 2 aliphatic rings. The lowest BCUT2D eigenvalue weighted by atomic mass is 9.80. The van der Waals surface area contributed by atoms with E-state index in [1.54, 1.807) is 6.92 Å². The molecule has 1 aromatic carbocycles. The third kappa shape index (κ3) is 2.44. The summed E-state index contributed by atoms with van der Waals surface area (Å²) in [6.45, 7) is 1.60. The quantitative estimate of drug-likeness (QED) is 0.850. The lowest BCUT2D eigenvalue weighted by molar-refractivity contribution is -0.267. The van der Waals surface area contributed by atoms with Gasteiger partial charge in [0.25, 0.3) is 0 Å². The van der Waals surface area contributed by atoms with E-state index in [1.807, 2.05) is 0 Å². The molecule has 8 heteroatoms. The van der Waals surface area contributed by atoms with E-state index in [9.17, 15) is 18.4 Å². The first kappa shape index (κ1) is 17.0. The molecular formula is C16H14ClF3N2O2. The molecule has 3 rings (SSSR count). The number of amidine groups is 1. The van der Waals surface area contributed by atoms with Crippen molar-refractivity contribution in [2.45, 2.75) is 25.1 Å². The molecule has 0 radical (unpaired) electrons. The molecule has 1 unspecified atom stereocenters. The zero-order chi connectivity index (χ0) is 17.5. The largest absolute Gasteiger partial charge is 0.426 e. The van der Waals surface area contributed by atoms with Crippen LogP contribution in [0.2, 0.25) is 5.02 Å². The van der Waals surface area contributed by atoms with Crippen LogP contribution >= 0.6 is 11.6 Å². The first-order valence-corrected chi connectivity index (χ1v) is 7.66. The molecule has 2 heterocycles. The second kappa shape index (κ2) is 5.91. The van der Waals surface area contributed by atoms with Crippen molar-refractivity contribution < 1.29 is 23.1 Å². The molecule has 0 amide bonds. The van der Waals surface area contributed by atoms with Crippen molar-refractivity contribution >= 4 is 23.1 Å². The van der Waals surface area contributed by atoms with Gasteiger partial charge in [0.1, 0.15) is 0 Å². The number of halogens is 4. The number of rotatable bonds is 3. The van der Waals surface area contributed by atoms with Gasteiger partial charge in [-0.3, -0.25) is 5.21 Å². The molecule has 128 valence electrons. The SMILES string of the molecule is CCCOC1(C(F)(F)F)C2=CC=CN(O)C2=Nc2ccc(Cl)cc21. The van der Waals surface area contributed by atoms with Crippen molar-refractivity contribution in [2.75, 3.05) is 6.61 Å². The van der Waals surface area contributed by atoms with Crippen LogP contribution in [0, 0.1) is 0 Å². The first-order valence-electron chi connectivity index (χ1n) is 7.28. The minimum Gasteiger partial charge on any atom is -0.356 e. The number of ether oxygens (including phenoxy) is 1. The van der Waals surface area contributed by atoms with Crippen LogP contribution in [-0.4, -0.2) is 28.9 Å². The maximum Gasteiger partial charge on any atom is 0.426 e. The highest BCUT2D eigenvalue weighted by molar-refractivity contribution is 6.30. The lowest BCUT2D eigenvalue weighted by Crippen LogP contribution is -2.52. The topological polar surface area (TPSA) is 45.1 Å². The second-order valence-corrected chi connectivity index (χ2v) is 5.83. The van der Waals surface area contributed by atoms with Gasteiger partial charge in [-0.2, -0.15) is 13.2 Å². The van der Waals surface area contributed by atoms with Crippen LogP contribution in [0.25, 0.3) is 0 Å². The highest BCUT2D eigenvalue weighted by Crippen LogP contribution is 2.54. The van der Waals surface area contributed by atoms with Gasteiger partial charge in [-0.1, -0.05) is 24.6 Å². The Labute approximate surface area is 141 Å². The average molecular weight is 359 g/mol. The molecule has 0 aliphatic carbocycles. The Kier molecular flexibility index (Phi) is 4.19. The molecule has 4 nitrogen and oxygen atoms in total. The van der Waals surface area contributed by atoms with Crippen molar-refractivity contribution in [3.05, 3.63) is 52.7 Å². The number of hydroxylamine groups is 2. The molecular weight excluding hydrogens is 345 g/mol. The minimum absolute atomic E-state index is 0.0503. The molecule has 0 fully saturated rings. The Morgan fingerprint density at radius 3 is 2.79 bits per heavy atom. The van der Waals surface area contributed by atoms with E-state index in [1.165, 1.54) is 36.6 Å². The van der Waals surface area contributed by atoms with E-state index >= 15 is 0 Å². The summed E-state index contributed by atoms with van der Waals surface area (Å²) >= 11 is 5.93. The van der Waals surface area contributed by atoms with Crippen molar-refractivity contribution in [1.29, 1.82) is 0 Å². The summed E-state index contributed by atoms with van der Waals surface area (Å²) in [5.41, 5.74) is -3.15. The molecule has 0 spiro atoms. The van der Waals surface area contributed by atoms with Crippen LogP contribution in [0.4, 0.5) is 18.9 Å². The first-order chi connectivity index (χ1) is 11.3.